The van der Waals surface area contributed by atoms with Gasteiger partial charge in [0.25, 0.3) is 0 Å². The molecule has 242 valence electrons. The zero-order chi connectivity index (χ0) is 31.2. The quantitative estimate of drug-likeness (QED) is 0.0637. The van der Waals surface area contributed by atoms with E-state index in [2.05, 4.69) is 6.92 Å². The van der Waals surface area contributed by atoms with E-state index < -0.39 is 67.1 Å². The van der Waals surface area contributed by atoms with Crippen molar-refractivity contribution < 1.29 is 54.5 Å². The highest BCUT2D eigenvalue weighted by atomic mass is 16.6. The largest absolute Gasteiger partial charge is 0.481 e. The van der Waals surface area contributed by atoms with E-state index in [4.69, 9.17) is 14.6 Å². The first kappa shape index (κ1) is 39.2. The highest BCUT2D eigenvalue weighted by Gasteiger charge is 2.26. The molecule has 0 aromatic carbocycles. The number of rotatable bonds is 26. The van der Waals surface area contributed by atoms with Crippen molar-refractivity contribution in [1.82, 2.24) is 0 Å². The van der Waals surface area contributed by atoms with Gasteiger partial charge in [0.05, 0.1) is 49.8 Å². The number of aliphatic hydroxyl groups is 5. The van der Waals surface area contributed by atoms with E-state index >= 15 is 0 Å². The number of hydrogen-bond acceptors (Lipinski definition) is 10. The maximum Gasteiger partial charge on any atom is 0.308 e. The van der Waals surface area contributed by atoms with E-state index in [1.54, 1.807) is 6.92 Å². The molecule has 0 aromatic heterocycles. The molecule has 0 saturated heterocycles. The van der Waals surface area contributed by atoms with Crippen molar-refractivity contribution in [3.63, 3.8) is 0 Å². The van der Waals surface area contributed by atoms with Crippen LogP contribution in [0.5, 0.6) is 0 Å². The van der Waals surface area contributed by atoms with E-state index in [0.29, 0.717) is 32.1 Å². The van der Waals surface area contributed by atoms with Gasteiger partial charge in [0.1, 0.15) is 12.2 Å². The fraction of sp³-hybridized carbons (Fsp3) is 0.900. The van der Waals surface area contributed by atoms with Crippen LogP contribution in [0, 0.1) is 0 Å². The summed E-state index contributed by atoms with van der Waals surface area (Å²) in [5.41, 5.74) is 0. The van der Waals surface area contributed by atoms with Crippen LogP contribution >= 0.6 is 0 Å². The molecule has 0 aliphatic carbocycles. The zero-order valence-electron chi connectivity index (χ0n) is 25.3. The molecule has 0 aromatic rings. The third kappa shape index (κ3) is 23.5. The van der Waals surface area contributed by atoms with E-state index in [9.17, 15) is 39.9 Å². The number of ether oxygens (including phenoxy) is 2. The minimum Gasteiger partial charge on any atom is -0.481 e. The van der Waals surface area contributed by atoms with Crippen LogP contribution < -0.4 is 0 Å². The minimum absolute atomic E-state index is 0.00533. The van der Waals surface area contributed by atoms with Gasteiger partial charge in [-0.3, -0.25) is 14.4 Å². The first-order valence-corrected chi connectivity index (χ1v) is 15.4. The first-order chi connectivity index (χ1) is 19.4. The van der Waals surface area contributed by atoms with Crippen molar-refractivity contribution in [3.8, 4) is 0 Å². The third-order valence-electron chi connectivity index (χ3n) is 6.84. The molecule has 0 rings (SSSR count). The van der Waals surface area contributed by atoms with E-state index in [-0.39, 0.29) is 32.1 Å². The summed E-state index contributed by atoms with van der Waals surface area (Å²) < 4.78 is 11.0. The number of aliphatic hydroxyl groups excluding tert-OH is 5. The highest BCUT2D eigenvalue weighted by molar-refractivity contribution is 5.71. The minimum atomic E-state index is -1.21. The van der Waals surface area contributed by atoms with Gasteiger partial charge in [0.15, 0.2) is 0 Å². The molecule has 0 saturated carbocycles. The molecule has 11 nitrogen and oxygen atoms in total. The summed E-state index contributed by atoms with van der Waals surface area (Å²) in [6.07, 6.45) is 0.439. The predicted molar refractivity (Wildman–Crippen MR) is 153 cm³/mol. The Labute approximate surface area is 245 Å². The molecule has 0 aliphatic rings. The topological polar surface area (TPSA) is 191 Å². The predicted octanol–water partition coefficient (Wildman–Crippen LogP) is 3.39. The Balaban J connectivity index is 4.96. The van der Waals surface area contributed by atoms with Gasteiger partial charge in [-0.1, -0.05) is 46.0 Å². The smallest absolute Gasteiger partial charge is 0.308 e. The van der Waals surface area contributed by atoms with Crippen LogP contribution in [-0.2, 0) is 23.9 Å². The first-order valence-electron chi connectivity index (χ1n) is 15.4. The summed E-state index contributed by atoms with van der Waals surface area (Å²) in [6.45, 7) is 5.71. The maximum atomic E-state index is 12.6. The van der Waals surface area contributed by atoms with Crippen LogP contribution in [-0.4, -0.2) is 91.3 Å². The Morgan fingerprint density at radius 3 is 1.46 bits per heavy atom. The second-order valence-corrected chi connectivity index (χ2v) is 11.3. The molecule has 0 fully saturated rings. The van der Waals surface area contributed by atoms with Gasteiger partial charge < -0.3 is 40.1 Å². The Hall–Kier alpha value is -1.79. The average molecular weight is 593 g/mol. The molecule has 0 spiro atoms. The van der Waals surface area contributed by atoms with Crippen molar-refractivity contribution in [2.24, 2.45) is 0 Å². The Morgan fingerprint density at radius 2 is 1.00 bits per heavy atom. The molecule has 0 aliphatic heterocycles. The second-order valence-electron chi connectivity index (χ2n) is 11.3. The molecule has 0 heterocycles. The van der Waals surface area contributed by atoms with Gasteiger partial charge in [-0.25, -0.2) is 0 Å². The van der Waals surface area contributed by atoms with Crippen LogP contribution in [0.2, 0.25) is 0 Å². The number of aliphatic carboxylic acids is 1. The summed E-state index contributed by atoms with van der Waals surface area (Å²) in [4.78, 5) is 36.0. The lowest BCUT2D eigenvalue weighted by atomic mass is 10.0. The molecule has 0 radical (unpaired) electrons. The summed E-state index contributed by atoms with van der Waals surface area (Å²) in [7, 11) is 0. The molecule has 1 unspecified atom stereocenters. The third-order valence-corrected chi connectivity index (χ3v) is 6.84. The normalized spacial score (nSPS) is 16.7. The van der Waals surface area contributed by atoms with E-state index in [1.165, 1.54) is 0 Å². The molecule has 6 N–H and O–H groups in total. The number of carboxylic acids is 1. The van der Waals surface area contributed by atoms with Gasteiger partial charge in [-0.15, -0.1) is 0 Å². The van der Waals surface area contributed by atoms with Crippen LogP contribution in [0.1, 0.15) is 130 Å². The number of unbranched alkanes of at least 4 members (excludes halogenated alkanes) is 4. The summed E-state index contributed by atoms with van der Waals surface area (Å²) >= 11 is 0. The summed E-state index contributed by atoms with van der Waals surface area (Å²) in [6, 6.07) is 0. The maximum absolute atomic E-state index is 12.6. The molecular weight excluding hydrogens is 536 g/mol. The van der Waals surface area contributed by atoms with Crippen LogP contribution in [0.25, 0.3) is 0 Å². The molecule has 41 heavy (non-hydrogen) atoms. The summed E-state index contributed by atoms with van der Waals surface area (Å²) in [5, 5.41) is 59.3. The van der Waals surface area contributed by atoms with Crippen molar-refractivity contribution in [1.29, 1.82) is 0 Å². The van der Waals surface area contributed by atoms with Gasteiger partial charge >= 0.3 is 17.9 Å². The van der Waals surface area contributed by atoms with Crippen molar-refractivity contribution in [2.45, 2.75) is 173 Å². The highest BCUT2D eigenvalue weighted by Crippen LogP contribution is 2.19. The standard InChI is InChI=1S/C30H56O11/c1-4-6-8-12-22(32)15-23(33)19-29(38)40-26(13-9-7-5-2)17-25(35)20-30(39)41-27(14-10-11-21(3)31)16-24(34)18-28(36)37/h21-27,31-35H,4-20H2,1-3H3,(H,36,37)/t21?,22-,23+,24+,25+,26+,27+/m0/s1. The van der Waals surface area contributed by atoms with E-state index in [1.807, 2.05) is 6.92 Å². The molecule has 0 bridgehead atoms. The number of esters is 2. The molecule has 11 heteroatoms. The molecule has 0 amide bonds. The van der Waals surface area contributed by atoms with Crippen molar-refractivity contribution >= 4 is 17.9 Å². The number of hydrogen-bond donors (Lipinski definition) is 6. The molecule has 7 atom stereocenters. The summed E-state index contributed by atoms with van der Waals surface area (Å²) in [5.74, 6) is -2.55. The van der Waals surface area contributed by atoms with Crippen molar-refractivity contribution in [2.75, 3.05) is 0 Å². The Bertz CT molecular complexity index is 700. The molecular formula is C30H56O11. The zero-order valence-corrected chi connectivity index (χ0v) is 25.3. The van der Waals surface area contributed by atoms with E-state index in [0.717, 1.165) is 38.5 Å². The van der Waals surface area contributed by atoms with Crippen LogP contribution in [0.3, 0.4) is 0 Å². The second kappa shape index (κ2) is 23.7. The average Bonchev–Trinajstić information content (AvgIpc) is 2.82. The van der Waals surface area contributed by atoms with Gasteiger partial charge in [0, 0.05) is 12.8 Å². The SMILES string of the molecule is CCCCC[C@H](O)C[C@@H](O)CC(=O)O[C@H](CCCCC)C[C@@H](O)CC(=O)O[C@H](CCCC(C)O)C[C@@H](O)CC(=O)O. The van der Waals surface area contributed by atoms with Crippen LogP contribution in [0.15, 0.2) is 0 Å². The number of carboxylic acid groups (broad SMARTS) is 1. The van der Waals surface area contributed by atoms with Crippen molar-refractivity contribution in [3.05, 3.63) is 0 Å². The lowest BCUT2D eigenvalue weighted by Gasteiger charge is -2.23. The Morgan fingerprint density at radius 1 is 0.561 bits per heavy atom. The fourth-order valence-corrected chi connectivity index (χ4v) is 4.69. The van der Waals surface area contributed by atoms with Gasteiger partial charge in [-0.05, 0) is 51.9 Å². The fourth-order valence-electron chi connectivity index (χ4n) is 4.69. The van der Waals surface area contributed by atoms with Gasteiger partial charge in [0.2, 0.25) is 0 Å². The monoisotopic (exact) mass is 592 g/mol. The number of carbonyl (C=O) groups is 3. The lowest BCUT2D eigenvalue weighted by molar-refractivity contribution is -0.155. The van der Waals surface area contributed by atoms with Gasteiger partial charge in [-0.2, -0.15) is 0 Å². The Kier molecular flexibility index (Phi) is 22.7. The number of carbonyl (C=O) groups excluding carboxylic acids is 2. The van der Waals surface area contributed by atoms with Crippen LogP contribution in [0.4, 0.5) is 0 Å². The lowest BCUT2D eigenvalue weighted by Crippen LogP contribution is -2.30.